The highest BCUT2D eigenvalue weighted by atomic mass is 16.6. The van der Waals surface area contributed by atoms with Crippen LogP contribution in [0.5, 0.6) is 0 Å². The monoisotopic (exact) mass is 1060 g/mol. The average molecular weight is 1060 g/mol. The molecule has 0 aliphatic heterocycles. The highest BCUT2D eigenvalue weighted by molar-refractivity contribution is 5.71. The highest BCUT2D eigenvalue weighted by Gasteiger charge is 2.19. The molecule has 0 aliphatic carbocycles. The lowest BCUT2D eigenvalue weighted by molar-refractivity contribution is -0.167. The first-order chi connectivity index (χ1) is 37.0. The molecule has 6 nitrogen and oxygen atoms in total. The first-order valence-corrected chi connectivity index (χ1v) is 34.2. The van der Waals surface area contributed by atoms with Crippen LogP contribution in [0.25, 0.3) is 0 Å². The van der Waals surface area contributed by atoms with E-state index >= 15 is 0 Å². The molecule has 0 saturated heterocycles. The van der Waals surface area contributed by atoms with Crippen LogP contribution in [0.4, 0.5) is 0 Å². The molecule has 0 spiro atoms. The van der Waals surface area contributed by atoms with Gasteiger partial charge < -0.3 is 14.2 Å². The van der Waals surface area contributed by atoms with E-state index in [0.29, 0.717) is 19.3 Å². The fourth-order valence-electron chi connectivity index (χ4n) is 10.6. The van der Waals surface area contributed by atoms with Gasteiger partial charge in [-0.1, -0.05) is 341 Å². The quantitative estimate of drug-likeness (QED) is 0.0261. The Morgan fingerprint density at radius 3 is 0.667 bits per heavy atom. The van der Waals surface area contributed by atoms with Crippen molar-refractivity contribution in [3.05, 3.63) is 12.2 Å². The lowest BCUT2D eigenvalue weighted by Gasteiger charge is -2.18. The molecule has 0 rings (SSSR count). The smallest absolute Gasteiger partial charge is 0.306 e. The average Bonchev–Trinajstić information content (AvgIpc) is 3.41. The van der Waals surface area contributed by atoms with Crippen molar-refractivity contribution in [1.29, 1.82) is 0 Å². The third-order valence-electron chi connectivity index (χ3n) is 15.8. The molecule has 0 saturated carbocycles. The molecule has 1 atom stereocenters. The maximum absolute atomic E-state index is 12.9. The van der Waals surface area contributed by atoms with E-state index in [4.69, 9.17) is 14.2 Å². The van der Waals surface area contributed by atoms with Crippen molar-refractivity contribution in [3.63, 3.8) is 0 Å². The number of ether oxygens (including phenoxy) is 3. The molecule has 0 heterocycles. The van der Waals surface area contributed by atoms with Crippen LogP contribution >= 0.6 is 0 Å². The van der Waals surface area contributed by atoms with Gasteiger partial charge in [0.1, 0.15) is 13.2 Å². The Bertz CT molecular complexity index is 1170. The maximum atomic E-state index is 12.9. The Labute approximate surface area is 469 Å². The molecule has 0 radical (unpaired) electrons. The third kappa shape index (κ3) is 62.9. The van der Waals surface area contributed by atoms with Crippen LogP contribution in [0.15, 0.2) is 12.2 Å². The Morgan fingerprint density at radius 1 is 0.253 bits per heavy atom. The fourth-order valence-corrected chi connectivity index (χ4v) is 10.6. The normalized spacial score (nSPS) is 12.0. The molecule has 0 amide bonds. The molecule has 6 heteroatoms. The second-order valence-corrected chi connectivity index (χ2v) is 23.5. The zero-order chi connectivity index (χ0) is 54.3. The standard InChI is InChI=1S/C69H132O6/c1-4-7-10-13-16-19-22-24-26-28-29-30-31-32-33-34-35-36-37-38-39-40-41-42-44-45-47-50-53-56-59-62-68(71)74-65-66(64-73-67(70)61-58-55-52-49-21-18-15-12-9-6-3)75-69(72)63-60-57-54-51-48-46-43-27-25-23-20-17-14-11-8-5-2/h28-29,66H,4-27,30-65H2,1-3H3/b29-28-. The summed E-state index contributed by atoms with van der Waals surface area (Å²) >= 11 is 0. The Hall–Kier alpha value is -1.85. The lowest BCUT2D eigenvalue weighted by atomic mass is 10.0. The number of rotatable bonds is 64. The number of unbranched alkanes of at least 4 members (excludes halogenated alkanes) is 51. The molecule has 0 aromatic heterocycles. The van der Waals surface area contributed by atoms with E-state index < -0.39 is 6.10 Å². The predicted octanol–water partition coefficient (Wildman–Crippen LogP) is 23.2. The molecular formula is C69H132O6. The van der Waals surface area contributed by atoms with E-state index in [1.54, 1.807) is 0 Å². The minimum absolute atomic E-state index is 0.0624. The van der Waals surface area contributed by atoms with Crippen LogP contribution in [0.2, 0.25) is 0 Å². The molecule has 75 heavy (non-hydrogen) atoms. The number of carbonyl (C=O) groups excluding carboxylic acids is 3. The SMILES string of the molecule is CCCCCCCCCC/C=C\CCCCCCCCCCCCCCCCCCCCCC(=O)OCC(COC(=O)CCCCCCCCCCCC)OC(=O)CCCCCCCCCCCCCCCCCC. The molecule has 0 fully saturated rings. The zero-order valence-electron chi connectivity index (χ0n) is 51.1. The molecule has 0 N–H and O–H groups in total. The molecule has 0 bridgehead atoms. The molecule has 0 aromatic rings. The summed E-state index contributed by atoms with van der Waals surface area (Å²) in [6.07, 6.45) is 76.8. The molecule has 0 aliphatic rings. The molecule has 1 unspecified atom stereocenters. The van der Waals surface area contributed by atoms with Gasteiger partial charge in [0.05, 0.1) is 0 Å². The van der Waals surface area contributed by atoms with Gasteiger partial charge in [0.25, 0.3) is 0 Å². The van der Waals surface area contributed by atoms with Crippen molar-refractivity contribution in [3.8, 4) is 0 Å². The fraction of sp³-hybridized carbons (Fsp3) is 0.928. The van der Waals surface area contributed by atoms with Gasteiger partial charge in [-0.25, -0.2) is 0 Å². The number of allylic oxidation sites excluding steroid dienone is 2. The van der Waals surface area contributed by atoms with Crippen LogP contribution in [0.3, 0.4) is 0 Å². The first kappa shape index (κ1) is 73.2. The second-order valence-electron chi connectivity index (χ2n) is 23.5. The van der Waals surface area contributed by atoms with Gasteiger partial charge in [0.15, 0.2) is 6.10 Å². The summed E-state index contributed by atoms with van der Waals surface area (Å²) in [5.41, 5.74) is 0. The van der Waals surface area contributed by atoms with E-state index in [1.165, 1.54) is 295 Å². The second kappa shape index (κ2) is 64.7. The van der Waals surface area contributed by atoms with Crippen LogP contribution in [-0.2, 0) is 28.6 Å². The van der Waals surface area contributed by atoms with E-state index in [-0.39, 0.29) is 31.1 Å². The van der Waals surface area contributed by atoms with E-state index in [9.17, 15) is 14.4 Å². The van der Waals surface area contributed by atoms with Crippen molar-refractivity contribution in [2.24, 2.45) is 0 Å². The molecule has 0 aromatic carbocycles. The van der Waals surface area contributed by atoms with Gasteiger partial charge in [-0.05, 0) is 44.9 Å². The minimum Gasteiger partial charge on any atom is -0.462 e. The Balaban J connectivity index is 4.04. The summed E-state index contributed by atoms with van der Waals surface area (Å²) in [7, 11) is 0. The van der Waals surface area contributed by atoms with Crippen LogP contribution < -0.4 is 0 Å². The summed E-state index contributed by atoms with van der Waals surface area (Å²) < 4.78 is 16.9. The maximum Gasteiger partial charge on any atom is 0.306 e. The van der Waals surface area contributed by atoms with E-state index in [1.807, 2.05) is 0 Å². The minimum atomic E-state index is -0.763. The molecular weight excluding hydrogens is 925 g/mol. The van der Waals surface area contributed by atoms with Crippen molar-refractivity contribution in [2.45, 2.75) is 399 Å². The highest BCUT2D eigenvalue weighted by Crippen LogP contribution is 2.19. The van der Waals surface area contributed by atoms with Crippen molar-refractivity contribution in [1.82, 2.24) is 0 Å². The van der Waals surface area contributed by atoms with Crippen molar-refractivity contribution < 1.29 is 28.6 Å². The van der Waals surface area contributed by atoms with E-state index in [2.05, 4.69) is 32.9 Å². The van der Waals surface area contributed by atoms with Crippen LogP contribution in [0, 0.1) is 0 Å². The number of hydrogen-bond acceptors (Lipinski definition) is 6. The van der Waals surface area contributed by atoms with E-state index in [0.717, 1.165) is 57.8 Å². The topological polar surface area (TPSA) is 78.9 Å². The van der Waals surface area contributed by atoms with Gasteiger partial charge in [-0.2, -0.15) is 0 Å². The summed E-state index contributed by atoms with van der Waals surface area (Å²) in [4.78, 5) is 38.2. The summed E-state index contributed by atoms with van der Waals surface area (Å²) in [6.45, 7) is 6.70. The third-order valence-corrected chi connectivity index (χ3v) is 15.8. The number of esters is 3. The largest absolute Gasteiger partial charge is 0.462 e. The van der Waals surface area contributed by atoms with Gasteiger partial charge in [-0.3, -0.25) is 14.4 Å². The van der Waals surface area contributed by atoms with Crippen molar-refractivity contribution >= 4 is 17.9 Å². The zero-order valence-corrected chi connectivity index (χ0v) is 51.1. The molecule has 444 valence electrons. The Kier molecular flexibility index (Phi) is 63.1. The van der Waals surface area contributed by atoms with Crippen molar-refractivity contribution in [2.75, 3.05) is 13.2 Å². The number of hydrogen-bond donors (Lipinski definition) is 0. The van der Waals surface area contributed by atoms with Gasteiger partial charge >= 0.3 is 17.9 Å². The predicted molar refractivity (Wildman–Crippen MR) is 326 cm³/mol. The summed E-state index contributed by atoms with van der Waals surface area (Å²) in [5.74, 6) is -0.833. The summed E-state index contributed by atoms with van der Waals surface area (Å²) in [5, 5.41) is 0. The lowest BCUT2D eigenvalue weighted by Crippen LogP contribution is -2.30. The van der Waals surface area contributed by atoms with Gasteiger partial charge in [0.2, 0.25) is 0 Å². The van der Waals surface area contributed by atoms with Gasteiger partial charge in [-0.15, -0.1) is 0 Å². The Morgan fingerprint density at radius 2 is 0.440 bits per heavy atom. The van der Waals surface area contributed by atoms with Crippen LogP contribution in [-0.4, -0.2) is 37.2 Å². The van der Waals surface area contributed by atoms with Gasteiger partial charge in [0, 0.05) is 19.3 Å². The number of carbonyl (C=O) groups is 3. The summed E-state index contributed by atoms with van der Waals surface area (Å²) in [6, 6.07) is 0. The first-order valence-electron chi connectivity index (χ1n) is 34.2. The van der Waals surface area contributed by atoms with Crippen LogP contribution in [0.1, 0.15) is 393 Å².